The molecular formula is C13H10N2O7. The van der Waals surface area contributed by atoms with E-state index in [0.29, 0.717) is 0 Å². The third kappa shape index (κ3) is 2.44. The Bertz CT molecular complexity index is 725. The van der Waals surface area contributed by atoms with Crippen molar-refractivity contribution in [3.63, 3.8) is 0 Å². The largest absolute Gasteiger partial charge is 0.481 e. The molecule has 0 bridgehead atoms. The summed E-state index contributed by atoms with van der Waals surface area (Å²) in [6.07, 6.45) is -0.743. The highest BCUT2D eigenvalue weighted by Gasteiger charge is 2.42. The lowest BCUT2D eigenvalue weighted by Gasteiger charge is -2.15. The van der Waals surface area contributed by atoms with Crippen molar-refractivity contribution in [3.8, 4) is 0 Å². The molecule has 3 amide bonds. The van der Waals surface area contributed by atoms with Gasteiger partial charge in [-0.1, -0.05) is 0 Å². The van der Waals surface area contributed by atoms with Crippen molar-refractivity contribution >= 4 is 29.7 Å². The highest BCUT2D eigenvalue weighted by Crippen LogP contribution is 2.24. The Morgan fingerprint density at radius 3 is 2.23 bits per heavy atom. The fourth-order valence-electron chi connectivity index (χ4n) is 2.02. The van der Waals surface area contributed by atoms with Gasteiger partial charge in [-0.05, 0) is 18.2 Å². The van der Waals surface area contributed by atoms with Gasteiger partial charge in [0.1, 0.15) is 0 Å². The lowest BCUT2D eigenvalue weighted by Crippen LogP contribution is -2.47. The Morgan fingerprint density at radius 1 is 1.09 bits per heavy atom. The zero-order valence-corrected chi connectivity index (χ0v) is 11.0. The minimum absolute atomic E-state index is 0.133. The van der Waals surface area contributed by atoms with E-state index in [2.05, 4.69) is 0 Å². The third-order valence-corrected chi connectivity index (χ3v) is 3.07. The van der Waals surface area contributed by atoms with E-state index in [1.165, 1.54) is 0 Å². The normalized spacial score (nSPS) is 14.7. The monoisotopic (exact) mass is 306 g/mol. The number of fused-ring (bicyclic) bond motifs is 1. The average Bonchev–Trinajstić information content (AvgIpc) is 2.69. The molecule has 0 aromatic heterocycles. The second-order valence-electron chi connectivity index (χ2n) is 4.55. The summed E-state index contributed by atoms with van der Waals surface area (Å²) in [5.74, 6) is -5.77. The Balaban J connectivity index is 2.36. The zero-order valence-electron chi connectivity index (χ0n) is 11.0. The molecular weight excluding hydrogens is 296 g/mol. The van der Waals surface area contributed by atoms with Crippen molar-refractivity contribution in [1.29, 1.82) is 0 Å². The number of carbonyl (C=O) groups is 5. The van der Waals surface area contributed by atoms with Crippen LogP contribution in [0.2, 0.25) is 0 Å². The van der Waals surface area contributed by atoms with Gasteiger partial charge in [0.15, 0.2) is 0 Å². The molecule has 2 rings (SSSR count). The Morgan fingerprint density at radius 2 is 1.68 bits per heavy atom. The SMILES string of the molecule is NC(CC(=O)O)C(=O)N1C(=O)c2ccc(C(=O)O)cc2C1=O. The number of hydrogen-bond acceptors (Lipinski definition) is 6. The molecule has 0 saturated carbocycles. The Hall–Kier alpha value is -3.07. The Labute approximate surface area is 122 Å². The molecule has 4 N–H and O–H groups in total. The predicted molar refractivity (Wildman–Crippen MR) is 69.1 cm³/mol. The Kier molecular flexibility index (Phi) is 3.74. The van der Waals surface area contributed by atoms with E-state index < -0.39 is 42.1 Å². The maximum absolute atomic E-state index is 12.1. The number of aromatic carboxylic acids is 1. The summed E-state index contributed by atoms with van der Waals surface area (Å²) in [7, 11) is 0. The first-order valence-corrected chi connectivity index (χ1v) is 6.01. The first kappa shape index (κ1) is 15.3. The minimum Gasteiger partial charge on any atom is -0.481 e. The standard InChI is InChI=1S/C13H10N2O7/c14-8(4-9(16)17)12(20)15-10(18)6-2-1-5(13(21)22)3-7(6)11(15)19/h1-3,8H,4,14H2,(H,16,17)(H,21,22). The smallest absolute Gasteiger partial charge is 0.335 e. The number of imide groups is 3. The number of rotatable bonds is 4. The van der Waals surface area contributed by atoms with E-state index in [1.54, 1.807) is 0 Å². The van der Waals surface area contributed by atoms with E-state index in [0.717, 1.165) is 18.2 Å². The van der Waals surface area contributed by atoms with Gasteiger partial charge in [0.25, 0.3) is 17.7 Å². The van der Waals surface area contributed by atoms with Crippen LogP contribution in [0.4, 0.5) is 0 Å². The van der Waals surface area contributed by atoms with Gasteiger partial charge in [0, 0.05) is 0 Å². The van der Waals surface area contributed by atoms with Crippen molar-refractivity contribution in [1.82, 2.24) is 4.90 Å². The van der Waals surface area contributed by atoms with Crippen molar-refractivity contribution < 1.29 is 34.2 Å². The molecule has 1 aromatic carbocycles. The van der Waals surface area contributed by atoms with Crippen LogP contribution in [0.3, 0.4) is 0 Å². The van der Waals surface area contributed by atoms with Crippen LogP contribution in [0.25, 0.3) is 0 Å². The summed E-state index contributed by atoms with van der Waals surface area (Å²) in [6, 6.07) is 1.67. The summed E-state index contributed by atoms with van der Waals surface area (Å²) >= 11 is 0. The zero-order chi connectivity index (χ0) is 16.6. The van der Waals surface area contributed by atoms with Crippen molar-refractivity contribution in [2.45, 2.75) is 12.5 Å². The molecule has 0 saturated heterocycles. The number of nitrogens with zero attached hydrogens (tertiary/aromatic N) is 1. The third-order valence-electron chi connectivity index (χ3n) is 3.07. The maximum atomic E-state index is 12.1. The van der Waals surface area contributed by atoms with Gasteiger partial charge in [-0.3, -0.25) is 19.2 Å². The summed E-state index contributed by atoms with van der Waals surface area (Å²) in [6.45, 7) is 0. The van der Waals surface area contributed by atoms with E-state index in [4.69, 9.17) is 15.9 Å². The number of amides is 3. The lowest BCUT2D eigenvalue weighted by molar-refractivity contribution is -0.140. The van der Waals surface area contributed by atoms with E-state index in [-0.39, 0.29) is 21.6 Å². The van der Waals surface area contributed by atoms with E-state index in [1.807, 2.05) is 0 Å². The van der Waals surface area contributed by atoms with Crippen molar-refractivity contribution in [2.75, 3.05) is 0 Å². The molecule has 9 heteroatoms. The van der Waals surface area contributed by atoms with Gasteiger partial charge in [-0.15, -0.1) is 0 Å². The van der Waals surface area contributed by atoms with Crippen molar-refractivity contribution in [2.24, 2.45) is 5.73 Å². The number of aliphatic carboxylic acids is 1. The van der Waals surface area contributed by atoms with Gasteiger partial charge in [0.2, 0.25) is 0 Å². The van der Waals surface area contributed by atoms with Crippen molar-refractivity contribution in [3.05, 3.63) is 34.9 Å². The summed E-state index contributed by atoms with van der Waals surface area (Å²) in [5, 5.41) is 17.5. The van der Waals surface area contributed by atoms with Crippen LogP contribution in [0.5, 0.6) is 0 Å². The highest BCUT2D eigenvalue weighted by molar-refractivity contribution is 6.29. The van der Waals surface area contributed by atoms with E-state index >= 15 is 0 Å². The van der Waals surface area contributed by atoms with Crippen LogP contribution >= 0.6 is 0 Å². The second-order valence-corrected chi connectivity index (χ2v) is 4.55. The molecule has 1 heterocycles. The first-order chi connectivity index (χ1) is 10.2. The highest BCUT2D eigenvalue weighted by atomic mass is 16.4. The van der Waals surface area contributed by atoms with Gasteiger partial charge < -0.3 is 15.9 Å². The van der Waals surface area contributed by atoms with Crippen LogP contribution in [0, 0.1) is 0 Å². The van der Waals surface area contributed by atoms with Gasteiger partial charge in [-0.2, -0.15) is 0 Å². The maximum Gasteiger partial charge on any atom is 0.335 e. The number of carboxylic acid groups (broad SMARTS) is 2. The van der Waals surface area contributed by atoms with Crippen LogP contribution in [-0.2, 0) is 9.59 Å². The van der Waals surface area contributed by atoms with Crippen LogP contribution in [0.1, 0.15) is 37.5 Å². The molecule has 0 aliphatic carbocycles. The number of nitrogens with two attached hydrogens (primary N) is 1. The van der Waals surface area contributed by atoms with Crippen LogP contribution in [-0.4, -0.2) is 50.8 Å². The summed E-state index contributed by atoms with van der Waals surface area (Å²) in [5.41, 5.74) is 4.78. The first-order valence-electron chi connectivity index (χ1n) is 6.01. The van der Waals surface area contributed by atoms with E-state index in [9.17, 15) is 24.0 Å². The summed E-state index contributed by atoms with van der Waals surface area (Å²) < 4.78 is 0. The number of carboxylic acids is 2. The molecule has 1 aromatic rings. The molecule has 22 heavy (non-hydrogen) atoms. The molecule has 0 radical (unpaired) electrons. The molecule has 1 unspecified atom stereocenters. The molecule has 0 fully saturated rings. The summed E-state index contributed by atoms with van der Waals surface area (Å²) in [4.78, 5) is 57.8. The fraction of sp³-hybridized carbons (Fsp3) is 0.154. The topological polar surface area (TPSA) is 155 Å². The van der Waals surface area contributed by atoms with Crippen LogP contribution in [0.15, 0.2) is 18.2 Å². The van der Waals surface area contributed by atoms with Gasteiger partial charge >= 0.3 is 11.9 Å². The molecule has 9 nitrogen and oxygen atoms in total. The molecule has 0 spiro atoms. The quantitative estimate of drug-likeness (QED) is 0.617. The minimum atomic E-state index is -1.56. The fourth-order valence-corrected chi connectivity index (χ4v) is 2.02. The average molecular weight is 306 g/mol. The molecule has 1 aliphatic heterocycles. The van der Waals surface area contributed by atoms with Crippen LogP contribution < -0.4 is 5.73 Å². The predicted octanol–water partition coefficient (Wildman–Crippen LogP) is -0.691. The number of carbonyl (C=O) groups excluding carboxylic acids is 3. The second kappa shape index (κ2) is 5.37. The lowest BCUT2D eigenvalue weighted by atomic mass is 10.1. The van der Waals surface area contributed by atoms with Gasteiger partial charge in [0.05, 0.1) is 29.2 Å². The molecule has 114 valence electrons. The molecule has 1 atom stereocenters. The van der Waals surface area contributed by atoms with Gasteiger partial charge in [-0.25, -0.2) is 9.69 Å². The number of hydrogen-bond donors (Lipinski definition) is 3. The molecule has 1 aliphatic rings. The number of benzene rings is 1.